The lowest BCUT2D eigenvalue weighted by molar-refractivity contribution is -0.120. The zero-order valence-electron chi connectivity index (χ0n) is 19.5. The van der Waals surface area contributed by atoms with Crippen LogP contribution in [0, 0.1) is 19.8 Å². The molecule has 172 valence electrons. The van der Waals surface area contributed by atoms with Gasteiger partial charge in [0.25, 0.3) is 0 Å². The van der Waals surface area contributed by atoms with Crippen LogP contribution in [0.3, 0.4) is 0 Å². The molecule has 2 aromatic heterocycles. The van der Waals surface area contributed by atoms with Gasteiger partial charge >= 0.3 is 0 Å². The average Bonchev–Trinajstić information content (AvgIpc) is 3.22. The Balaban J connectivity index is 1.21. The van der Waals surface area contributed by atoms with Gasteiger partial charge in [0.1, 0.15) is 0 Å². The molecular weight excluding hydrogens is 424 g/mol. The first-order valence-electron chi connectivity index (χ1n) is 11.7. The molecule has 5 rings (SSSR count). The van der Waals surface area contributed by atoms with E-state index in [2.05, 4.69) is 37.6 Å². The van der Waals surface area contributed by atoms with E-state index in [1.54, 1.807) is 4.68 Å². The van der Waals surface area contributed by atoms with Crippen LogP contribution >= 0.6 is 0 Å². The summed E-state index contributed by atoms with van der Waals surface area (Å²) in [4.78, 5) is 15.3. The molecule has 4 aromatic rings. The van der Waals surface area contributed by atoms with Crippen molar-refractivity contribution in [1.29, 1.82) is 0 Å². The quantitative estimate of drug-likeness (QED) is 0.471. The Morgan fingerprint density at radius 1 is 0.882 bits per heavy atom. The zero-order valence-corrected chi connectivity index (χ0v) is 19.5. The van der Waals surface area contributed by atoms with Crippen LogP contribution in [0.15, 0.2) is 72.8 Å². The number of rotatable bonds is 5. The van der Waals surface area contributed by atoms with Crippen molar-refractivity contribution >= 4 is 17.4 Å². The first kappa shape index (κ1) is 21.8. The molecule has 0 aliphatic carbocycles. The number of aromatic nitrogens is 4. The third-order valence-corrected chi connectivity index (χ3v) is 6.32. The monoisotopic (exact) mass is 452 g/mol. The first-order valence-corrected chi connectivity index (χ1v) is 11.7. The molecule has 1 aliphatic rings. The summed E-state index contributed by atoms with van der Waals surface area (Å²) in [6.07, 6.45) is 1.56. The van der Waals surface area contributed by atoms with Gasteiger partial charge in [0, 0.05) is 36.0 Å². The standard InChI is InChI=1S/C27H28N6O/c1-19-18-20(2)33(31-19)26-13-12-25(29-30-26)32-16-14-22(15-17-32)27(34)28-24-11-7-6-10-23(24)21-8-4-3-5-9-21/h3-13,18,22H,14-17H2,1-2H3,(H,28,34). The van der Waals surface area contributed by atoms with E-state index in [-0.39, 0.29) is 11.8 Å². The molecule has 0 atom stereocenters. The zero-order chi connectivity index (χ0) is 23.5. The molecule has 0 bridgehead atoms. The molecule has 0 unspecified atom stereocenters. The second-order valence-electron chi connectivity index (χ2n) is 8.75. The Labute approximate surface area is 199 Å². The van der Waals surface area contributed by atoms with Gasteiger partial charge in [-0.05, 0) is 56.5 Å². The van der Waals surface area contributed by atoms with Crippen LogP contribution in [0.25, 0.3) is 16.9 Å². The highest BCUT2D eigenvalue weighted by atomic mass is 16.1. The minimum Gasteiger partial charge on any atom is -0.355 e. The third-order valence-electron chi connectivity index (χ3n) is 6.32. The molecule has 3 heterocycles. The molecule has 7 nitrogen and oxygen atoms in total. The van der Waals surface area contributed by atoms with Crippen molar-refractivity contribution in [2.45, 2.75) is 26.7 Å². The highest BCUT2D eigenvalue weighted by Gasteiger charge is 2.26. The Morgan fingerprint density at radius 2 is 1.56 bits per heavy atom. The molecule has 34 heavy (non-hydrogen) atoms. The summed E-state index contributed by atoms with van der Waals surface area (Å²) >= 11 is 0. The molecule has 0 spiro atoms. The lowest BCUT2D eigenvalue weighted by Crippen LogP contribution is -2.38. The fraction of sp³-hybridized carbons (Fsp3) is 0.259. The number of nitrogens with one attached hydrogen (secondary N) is 1. The fourth-order valence-corrected chi connectivity index (χ4v) is 4.53. The number of aryl methyl sites for hydroxylation is 2. The summed E-state index contributed by atoms with van der Waals surface area (Å²) in [5.74, 6) is 1.59. The number of anilines is 2. The number of carbonyl (C=O) groups is 1. The van der Waals surface area contributed by atoms with Crippen LogP contribution in [0.2, 0.25) is 0 Å². The highest BCUT2D eigenvalue weighted by molar-refractivity contribution is 5.96. The van der Waals surface area contributed by atoms with E-state index in [4.69, 9.17) is 0 Å². The van der Waals surface area contributed by atoms with Crippen molar-refractivity contribution < 1.29 is 4.79 Å². The second kappa shape index (κ2) is 9.47. The van der Waals surface area contributed by atoms with Gasteiger partial charge < -0.3 is 10.2 Å². The van der Waals surface area contributed by atoms with Crippen LogP contribution in [0.5, 0.6) is 0 Å². The molecule has 0 saturated carbocycles. The van der Waals surface area contributed by atoms with E-state index in [0.29, 0.717) is 5.82 Å². The molecule has 1 aliphatic heterocycles. The van der Waals surface area contributed by atoms with E-state index in [0.717, 1.165) is 60.0 Å². The second-order valence-corrected chi connectivity index (χ2v) is 8.75. The van der Waals surface area contributed by atoms with Crippen molar-refractivity contribution in [2.75, 3.05) is 23.3 Å². The SMILES string of the molecule is Cc1cc(C)n(-c2ccc(N3CCC(C(=O)Nc4ccccc4-c4ccccc4)CC3)nn2)n1. The van der Waals surface area contributed by atoms with Crippen LogP contribution < -0.4 is 10.2 Å². The Kier molecular flexibility index (Phi) is 6.08. The lowest BCUT2D eigenvalue weighted by atomic mass is 9.95. The predicted molar refractivity (Wildman–Crippen MR) is 134 cm³/mol. The van der Waals surface area contributed by atoms with Crippen LogP contribution in [-0.4, -0.2) is 39.0 Å². The number of hydrogen-bond acceptors (Lipinski definition) is 5. The van der Waals surface area contributed by atoms with Gasteiger partial charge in [-0.3, -0.25) is 4.79 Å². The number of nitrogens with zero attached hydrogens (tertiary/aromatic N) is 5. The van der Waals surface area contributed by atoms with Gasteiger partial charge in [0.15, 0.2) is 11.6 Å². The topological polar surface area (TPSA) is 75.9 Å². The van der Waals surface area contributed by atoms with Crippen molar-refractivity contribution in [1.82, 2.24) is 20.0 Å². The van der Waals surface area contributed by atoms with Crippen molar-refractivity contribution in [3.63, 3.8) is 0 Å². The number of carbonyl (C=O) groups excluding carboxylic acids is 1. The molecular formula is C27H28N6O. The third kappa shape index (κ3) is 4.55. The maximum atomic E-state index is 13.1. The normalized spacial score (nSPS) is 14.2. The van der Waals surface area contributed by atoms with E-state index in [1.165, 1.54) is 0 Å². The van der Waals surface area contributed by atoms with Crippen molar-refractivity contribution in [3.05, 3.63) is 84.2 Å². The molecule has 1 fully saturated rings. The van der Waals surface area contributed by atoms with Crippen LogP contribution in [0.1, 0.15) is 24.2 Å². The van der Waals surface area contributed by atoms with Gasteiger partial charge in [-0.1, -0.05) is 48.5 Å². The number of para-hydroxylation sites is 1. The van der Waals surface area contributed by atoms with E-state index < -0.39 is 0 Å². The number of hydrogen-bond donors (Lipinski definition) is 1. The molecule has 1 saturated heterocycles. The van der Waals surface area contributed by atoms with Crippen LogP contribution in [-0.2, 0) is 4.79 Å². The van der Waals surface area contributed by atoms with Crippen LogP contribution in [0.4, 0.5) is 11.5 Å². The van der Waals surface area contributed by atoms with E-state index in [1.807, 2.05) is 74.5 Å². The van der Waals surface area contributed by atoms with Crippen molar-refractivity contribution in [3.8, 4) is 16.9 Å². The summed E-state index contributed by atoms with van der Waals surface area (Å²) in [7, 11) is 0. The maximum absolute atomic E-state index is 13.1. The Morgan fingerprint density at radius 3 is 2.24 bits per heavy atom. The van der Waals surface area contributed by atoms with E-state index >= 15 is 0 Å². The first-order chi connectivity index (χ1) is 16.6. The Bertz CT molecular complexity index is 1270. The van der Waals surface area contributed by atoms with Gasteiger partial charge in [-0.15, -0.1) is 10.2 Å². The van der Waals surface area contributed by atoms with Gasteiger partial charge in [-0.2, -0.15) is 5.10 Å². The number of piperidine rings is 1. The molecule has 7 heteroatoms. The maximum Gasteiger partial charge on any atom is 0.227 e. The summed E-state index contributed by atoms with van der Waals surface area (Å²) in [6.45, 7) is 5.51. The fourth-order valence-electron chi connectivity index (χ4n) is 4.53. The molecule has 0 radical (unpaired) electrons. The minimum atomic E-state index is -0.0259. The smallest absolute Gasteiger partial charge is 0.227 e. The number of amides is 1. The van der Waals surface area contributed by atoms with Gasteiger partial charge in [-0.25, -0.2) is 4.68 Å². The molecule has 2 aromatic carbocycles. The summed E-state index contributed by atoms with van der Waals surface area (Å²) < 4.78 is 1.80. The highest BCUT2D eigenvalue weighted by Crippen LogP contribution is 2.29. The predicted octanol–water partition coefficient (Wildman–Crippen LogP) is 4.80. The lowest BCUT2D eigenvalue weighted by Gasteiger charge is -2.32. The summed E-state index contributed by atoms with van der Waals surface area (Å²) in [5.41, 5.74) is 4.96. The summed E-state index contributed by atoms with van der Waals surface area (Å²) in [6, 6.07) is 24.0. The Hall–Kier alpha value is -4.00. The largest absolute Gasteiger partial charge is 0.355 e. The van der Waals surface area contributed by atoms with E-state index in [9.17, 15) is 4.79 Å². The molecule has 1 amide bonds. The van der Waals surface area contributed by atoms with Crippen molar-refractivity contribution in [2.24, 2.45) is 5.92 Å². The summed E-state index contributed by atoms with van der Waals surface area (Å²) in [5, 5.41) is 16.4. The minimum absolute atomic E-state index is 0.0259. The van der Waals surface area contributed by atoms with Gasteiger partial charge in [0.05, 0.1) is 5.69 Å². The molecule has 1 N–H and O–H groups in total. The number of benzene rings is 2. The average molecular weight is 453 g/mol. The van der Waals surface area contributed by atoms with Gasteiger partial charge in [0.2, 0.25) is 5.91 Å².